The number of nitrogens with zero attached hydrogens (tertiary/aromatic N) is 1. The molecule has 0 saturated heterocycles. The van der Waals surface area contributed by atoms with Gasteiger partial charge in [-0.05, 0) is 53.1 Å². The molecule has 0 saturated carbocycles. The molecule has 0 aromatic heterocycles. The van der Waals surface area contributed by atoms with Crippen molar-refractivity contribution in [3.63, 3.8) is 0 Å². The van der Waals surface area contributed by atoms with E-state index in [1.807, 2.05) is 24.3 Å². The Morgan fingerprint density at radius 3 is 2.41 bits per heavy atom. The van der Waals surface area contributed by atoms with Gasteiger partial charge in [0.2, 0.25) is 0 Å². The van der Waals surface area contributed by atoms with Crippen LogP contribution in [0.4, 0.5) is 0 Å². The van der Waals surface area contributed by atoms with Crippen LogP contribution in [0.25, 0.3) is 0 Å². The first-order valence-corrected chi connectivity index (χ1v) is 9.88. The minimum atomic E-state index is -0.403. The van der Waals surface area contributed by atoms with Crippen molar-refractivity contribution in [3.8, 4) is 11.5 Å². The maximum atomic E-state index is 11.9. The van der Waals surface area contributed by atoms with Crippen LogP contribution in [0.5, 0.6) is 11.5 Å². The van der Waals surface area contributed by atoms with Crippen LogP contribution in [0.15, 0.2) is 47.6 Å². The fraction of sp³-hybridized carbons (Fsp3) is 0.391. The molecule has 2 rings (SSSR count). The molecule has 2 aromatic carbocycles. The van der Waals surface area contributed by atoms with Crippen LogP contribution in [0.2, 0.25) is 5.02 Å². The summed E-state index contributed by atoms with van der Waals surface area (Å²) in [5.74, 6) is 0.241. The topological polar surface area (TPSA) is 70.9 Å². The van der Waals surface area contributed by atoms with Crippen LogP contribution in [-0.4, -0.2) is 23.8 Å². The van der Waals surface area contributed by atoms with Crippen LogP contribution in [0.1, 0.15) is 52.2 Å². The second kappa shape index (κ2) is 9.31. The van der Waals surface area contributed by atoms with Crippen LogP contribution in [-0.2, 0) is 10.2 Å². The van der Waals surface area contributed by atoms with Gasteiger partial charge >= 0.3 is 0 Å². The molecule has 0 bridgehead atoms. The number of amides is 1. The van der Waals surface area contributed by atoms with E-state index in [4.69, 9.17) is 16.3 Å². The van der Waals surface area contributed by atoms with Gasteiger partial charge in [0.25, 0.3) is 5.91 Å². The van der Waals surface area contributed by atoms with E-state index in [2.05, 4.69) is 45.1 Å². The Labute approximate surface area is 177 Å². The Balaban J connectivity index is 1.87. The first kappa shape index (κ1) is 22.8. The monoisotopic (exact) mass is 416 g/mol. The number of carbonyl (C=O) groups excluding carboxylic acids is 1. The third-order valence-corrected chi connectivity index (χ3v) is 4.60. The zero-order chi connectivity index (χ0) is 21.7. The van der Waals surface area contributed by atoms with E-state index in [-0.39, 0.29) is 23.2 Å². The van der Waals surface area contributed by atoms with E-state index in [0.717, 1.165) is 6.42 Å². The lowest BCUT2D eigenvalue weighted by atomic mass is 9.72. The maximum absolute atomic E-state index is 11.9. The predicted octanol–water partition coefficient (Wildman–Crippen LogP) is 5.29. The summed E-state index contributed by atoms with van der Waals surface area (Å²) in [6, 6.07) is 12.4. The van der Waals surface area contributed by atoms with Crippen molar-refractivity contribution in [1.82, 2.24) is 5.43 Å². The van der Waals surface area contributed by atoms with Gasteiger partial charge in [-0.25, -0.2) is 5.43 Å². The Morgan fingerprint density at radius 1 is 1.14 bits per heavy atom. The Bertz CT molecular complexity index is 869. The number of nitrogens with one attached hydrogen (secondary N) is 1. The largest absolute Gasteiger partial charge is 0.507 e. The lowest BCUT2D eigenvalue weighted by Gasteiger charge is -2.33. The molecule has 0 unspecified atom stereocenters. The molecule has 1 amide bonds. The minimum absolute atomic E-state index is 0.0260. The van der Waals surface area contributed by atoms with Gasteiger partial charge in [-0.2, -0.15) is 5.10 Å². The summed E-state index contributed by atoms with van der Waals surface area (Å²) in [4.78, 5) is 11.9. The molecule has 0 atom stereocenters. The van der Waals surface area contributed by atoms with E-state index < -0.39 is 5.91 Å². The number of rotatable bonds is 7. The first-order valence-electron chi connectivity index (χ1n) is 9.50. The molecule has 0 spiro atoms. The highest BCUT2D eigenvalue weighted by Gasteiger charge is 2.27. The molecule has 0 aliphatic heterocycles. The summed E-state index contributed by atoms with van der Waals surface area (Å²) in [7, 11) is 0. The van der Waals surface area contributed by atoms with Crippen molar-refractivity contribution in [2.24, 2.45) is 10.5 Å². The maximum Gasteiger partial charge on any atom is 0.277 e. The van der Waals surface area contributed by atoms with E-state index >= 15 is 0 Å². The fourth-order valence-electron chi connectivity index (χ4n) is 3.41. The van der Waals surface area contributed by atoms with Crippen molar-refractivity contribution < 1.29 is 14.6 Å². The Morgan fingerprint density at radius 2 is 1.79 bits per heavy atom. The SMILES string of the molecule is CC(C)(C)CC(C)(C)c1ccc(OCC(=O)N/N=C\c2cc(Cl)ccc2O)cc1. The number of carbonyl (C=O) groups is 1. The normalized spacial score (nSPS) is 12.2. The van der Waals surface area contributed by atoms with Crippen molar-refractivity contribution in [2.75, 3.05) is 6.61 Å². The van der Waals surface area contributed by atoms with Crippen LogP contribution < -0.4 is 10.2 Å². The number of hydrazone groups is 1. The Hall–Kier alpha value is -2.53. The number of ether oxygens (including phenoxy) is 1. The van der Waals surface area contributed by atoms with E-state index in [1.165, 1.54) is 17.8 Å². The smallest absolute Gasteiger partial charge is 0.277 e. The third-order valence-electron chi connectivity index (χ3n) is 4.36. The number of halogens is 1. The number of hydrogen-bond acceptors (Lipinski definition) is 4. The van der Waals surface area contributed by atoms with Crippen molar-refractivity contribution in [3.05, 3.63) is 58.6 Å². The molecule has 0 fully saturated rings. The zero-order valence-electron chi connectivity index (χ0n) is 17.6. The van der Waals surface area contributed by atoms with Gasteiger partial charge in [0.1, 0.15) is 11.5 Å². The number of hydrogen-bond donors (Lipinski definition) is 2. The summed E-state index contributed by atoms with van der Waals surface area (Å²) >= 11 is 5.87. The molecule has 2 aromatic rings. The highest BCUT2D eigenvalue weighted by atomic mass is 35.5. The highest BCUT2D eigenvalue weighted by Crippen LogP contribution is 2.36. The minimum Gasteiger partial charge on any atom is -0.507 e. The molecular formula is C23H29ClN2O3. The van der Waals surface area contributed by atoms with E-state index in [0.29, 0.717) is 16.3 Å². The molecule has 0 aliphatic carbocycles. The number of phenolic OH excluding ortho intramolecular Hbond substituents is 1. The predicted molar refractivity (Wildman–Crippen MR) is 118 cm³/mol. The van der Waals surface area contributed by atoms with Crippen molar-refractivity contribution >= 4 is 23.7 Å². The molecule has 6 heteroatoms. The fourth-order valence-corrected chi connectivity index (χ4v) is 3.59. The van der Waals surface area contributed by atoms with Gasteiger partial charge < -0.3 is 9.84 Å². The average Bonchev–Trinajstić information content (AvgIpc) is 2.61. The molecule has 5 nitrogen and oxygen atoms in total. The standard InChI is InChI=1S/C23H29ClN2O3/c1-22(2,3)15-23(4,5)17-6-9-19(10-7-17)29-14-21(28)26-25-13-16-12-18(24)8-11-20(16)27/h6-13,27H,14-15H2,1-5H3,(H,26,28)/b25-13-. The van der Waals surface area contributed by atoms with Gasteiger partial charge in [-0.3, -0.25) is 4.79 Å². The van der Waals surface area contributed by atoms with Crippen LogP contribution in [0, 0.1) is 5.41 Å². The summed E-state index contributed by atoms with van der Waals surface area (Å²) in [5, 5.41) is 14.0. The van der Waals surface area contributed by atoms with E-state index in [9.17, 15) is 9.90 Å². The second-order valence-corrected chi connectivity index (χ2v) is 9.37. The number of aromatic hydroxyl groups is 1. The van der Waals surface area contributed by atoms with Crippen LogP contribution >= 0.6 is 11.6 Å². The van der Waals surface area contributed by atoms with Gasteiger partial charge in [-0.1, -0.05) is 58.4 Å². The molecule has 0 heterocycles. The molecule has 0 radical (unpaired) electrons. The van der Waals surface area contributed by atoms with Gasteiger partial charge in [0.05, 0.1) is 6.21 Å². The van der Waals surface area contributed by atoms with Crippen molar-refractivity contribution in [2.45, 2.75) is 46.5 Å². The molecule has 156 valence electrons. The van der Waals surface area contributed by atoms with Gasteiger partial charge in [0.15, 0.2) is 6.61 Å². The summed E-state index contributed by atoms with van der Waals surface area (Å²) in [6.45, 7) is 11.0. The lowest BCUT2D eigenvalue weighted by molar-refractivity contribution is -0.123. The number of benzene rings is 2. The Kier molecular flexibility index (Phi) is 7.31. The molecule has 0 aliphatic rings. The van der Waals surface area contributed by atoms with Gasteiger partial charge in [0, 0.05) is 10.6 Å². The third kappa shape index (κ3) is 7.42. The van der Waals surface area contributed by atoms with Crippen molar-refractivity contribution in [1.29, 1.82) is 0 Å². The number of phenols is 1. The van der Waals surface area contributed by atoms with E-state index in [1.54, 1.807) is 12.1 Å². The second-order valence-electron chi connectivity index (χ2n) is 8.93. The molecule has 2 N–H and O–H groups in total. The lowest BCUT2D eigenvalue weighted by Crippen LogP contribution is -2.25. The summed E-state index contributed by atoms with van der Waals surface area (Å²) in [6.07, 6.45) is 2.38. The highest BCUT2D eigenvalue weighted by molar-refractivity contribution is 6.30. The quantitative estimate of drug-likeness (QED) is 0.476. The van der Waals surface area contributed by atoms with Gasteiger partial charge in [-0.15, -0.1) is 0 Å². The summed E-state index contributed by atoms with van der Waals surface area (Å²) in [5.41, 5.74) is 4.29. The van der Waals surface area contributed by atoms with Crippen LogP contribution in [0.3, 0.4) is 0 Å². The zero-order valence-corrected chi connectivity index (χ0v) is 18.4. The molecular weight excluding hydrogens is 388 g/mol. The summed E-state index contributed by atoms with van der Waals surface area (Å²) < 4.78 is 5.53. The average molecular weight is 417 g/mol. The molecule has 29 heavy (non-hydrogen) atoms. The first-order chi connectivity index (χ1) is 13.5.